The van der Waals surface area contributed by atoms with Crippen LogP contribution in [0.2, 0.25) is 0 Å². The number of morpholine rings is 1. The summed E-state index contributed by atoms with van der Waals surface area (Å²) in [5.74, 6) is 0.546. The van der Waals surface area contributed by atoms with Crippen LogP contribution >= 0.6 is 23.4 Å². The summed E-state index contributed by atoms with van der Waals surface area (Å²) in [6.07, 6.45) is 1.38. The highest BCUT2D eigenvalue weighted by molar-refractivity contribution is 7.99. The molecule has 1 aromatic heterocycles. The molecule has 0 radical (unpaired) electrons. The number of aromatic nitrogens is 1. The minimum Gasteiger partial charge on any atom is -0.379 e. The van der Waals surface area contributed by atoms with Gasteiger partial charge in [0.25, 0.3) is 0 Å². The summed E-state index contributed by atoms with van der Waals surface area (Å²) in [5.41, 5.74) is 0. The van der Waals surface area contributed by atoms with E-state index in [2.05, 4.69) is 11.6 Å². The summed E-state index contributed by atoms with van der Waals surface area (Å²) in [6.45, 7) is 5.21. The fourth-order valence-corrected chi connectivity index (χ4v) is 3.81. The van der Waals surface area contributed by atoms with Crippen LogP contribution in [0.25, 0.3) is 0 Å². The molecule has 2 rings (SSSR count). The molecule has 0 aromatic carbocycles. The van der Waals surface area contributed by atoms with E-state index in [1.807, 2.05) is 0 Å². The van der Waals surface area contributed by atoms with E-state index in [4.69, 9.17) is 16.3 Å². The third-order valence-corrected chi connectivity index (χ3v) is 5.90. The number of sulfonamides is 1. The summed E-state index contributed by atoms with van der Waals surface area (Å²) in [6, 6.07) is 3.24. The van der Waals surface area contributed by atoms with Gasteiger partial charge >= 0.3 is 0 Å². The van der Waals surface area contributed by atoms with Crippen LogP contribution in [-0.2, 0) is 14.8 Å². The van der Waals surface area contributed by atoms with Crippen molar-refractivity contribution in [2.24, 2.45) is 0 Å². The molecule has 1 aromatic rings. The second-order valence-corrected chi connectivity index (χ2v) is 7.62. The fourth-order valence-electron chi connectivity index (χ4n) is 1.69. The summed E-state index contributed by atoms with van der Waals surface area (Å²) in [5, 5.41) is 1.24. The first-order valence-corrected chi connectivity index (χ1v) is 8.80. The Hall–Kier alpha value is -0.600. The van der Waals surface area contributed by atoms with Gasteiger partial charge in [0, 0.05) is 30.1 Å². The minimum absolute atomic E-state index is 0.202. The maximum absolute atomic E-state index is 12.4. The topological polar surface area (TPSA) is 59.5 Å². The van der Waals surface area contributed by atoms with Crippen molar-refractivity contribution in [2.45, 2.75) is 9.92 Å². The van der Waals surface area contributed by atoms with Crippen molar-refractivity contribution in [1.29, 1.82) is 0 Å². The molecular formula is C12H15ClN2O3S2. The van der Waals surface area contributed by atoms with Crippen LogP contribution < -0.4 is 0 Å². The zero-order valence-corrected chi connectivity index (χ0v) is 13.2. The molecule has 1 aliphatic rings. The summed E-state index contributed by atoms with van der Waals surface area (Å²) >= 11 is 7.09. The van der Waals surface area contributed by atoms with Gasteiger partial charge in [0.15, 0.2) is 0 Å². The molecule has 0 bridgehead atoms. The molecular weight excluding hydrogens is 320 g/mol. The van der Waals surface area contributed by atoms with E-state index in [0.29, 0.717) is 42.1 Å². The van der Waals surface area contributed by atoms with Crippen molar-refractivity contribution >= 4 is 33.4 Å². The van der Waals surface area contributed by atoms with Crippen LogP contribution in [0.5, 0.6) is 0 Å². The summed E-state index contributed by atoms with van der Waals surface area (Å²) in [7, 11) is -3.47. The highest BCUT2D eigenvalue weighted by Crippen LogP contribution is 2.22. The number of ether oxygens (including phenoxy) is 1. The van der Waals surface area contributed by atoms with Gasteiger partial charge in [-0.2, -0.15) is 4.31 Å². The average Bonchev–Trinajstić information content (AvgIpc) is 2.46. The van der Waals surface area contributed by atoms with Crippen molar-refractivity contribution in [3.63, 3.8) is 0 Å². The molecule has 8 heteroatoms. The van der Waals surface area contributed by atoms with Gasteiger partial charge in [0.2, 0.25) is 10.0 Å². The van der Waals surface area contributed by atoms with Gasteiger partial charge in [0.05, 0.1) is 18.2 Å². The van der Waals surface area contributed by atoms with E-state index >= 15 is 0 Å². The Labute approximate surface area is 128 Å². The zero-order chi connectivity index (χ0) is 14.6. The molecule has 1 fully saturated rings. The van der Waals surface area contributed by atoms with Gasteiger partial charge in [-0.1, -0.05) is 18.2 Å². The molecule has 0 saturated carbocycles. The van der Waals surface area contributed by atoms with Crippen LogP contribution in [-0.4, -0.2) is 49.8 Å². The highest BCUT2D eigenvalue weighted by atomic mass is 35.5. The first-order chi connectivity index (χ1) is 9.50. The number of pyridine rings is 1. The van der Waals surface area contributed by atoms with Crippen molar-refractivity contribution in [3.8, 4) is 0 Å². The van der Waals surface area contributed by atoms with Gasteiger partial charge in [-0.25, -0.2) is 13.4 Å². The Morgan fingerprint density at radius 3 is 2.70 bits per heavy atom. The molecule has 0 aliphatic carbocycles. The first kappa shape index (κ1) is 15.8. The molecule has 1 saturated heterocycles. The minimum atomic E-state index is -3.47. The molecule has 0 spiro atoms. The lowest BCUT2D eigenvalue weighted by Gasteiger charge is -2.25. The highest BCUT2D eigenvalue weighted by Gasteiger charge is 2.26. The molecule has 5 nitrogen and oxygen atoms in total. The predicted molar refractivity (Wildman–Crippen MR) is 79.5 cm³/mol. The Balaban J connectivity index is 2.10. The SMILES string of the molecule is C=C(Cl)CSc1ccc(S(=O)(=O)N2CCOCC2)cn1. The predicted octanol–water partition coefficient (Wildman–Crippen LogP) is 1.95. The van der Waals surface area contributed by atoms with Crippen LogP contribution in [0.3, 0.4) is 0 Å². The number of nitrogens with zero attached hydrogens (tertiary/aromatic N) is 2. The van der Waals surface area contributed by atoms with Gasteiger partial charge in [-0.05, 0) is 12.1 Å². The molecule has 20 heavy (non-hydrogen) atoms. The second kappa shape index (κ2) is 6.91. The van der Waals surface area contributed by atoms with E-state index in [0.717, 1.165) is 0 Å². The summed E-state index contributed by atoms with van der Waals surface area (Å²) in [4.78, 5) is 4.34. The fraction of sp³-hybridized carbons (Fsp3) is 0.417. The van der Waals surface area contributed by atoms with Gasteiger partial charge in [0.1, 0.15) is 4.90 Å². The molecule has 0 atom stereocenters. The number of thioether (sulfide) groups is 1. The first-order valence-electron chi connectivity index (χ1n) is 6.00. The lowest BCUT2D eigenvalue weighted by atomic mass is 10.5. The van der Waals surface area contributed by atoms with E-state index < -0.39 is 10.0 Å². The van der Waals surface area contributed by atoms with Crippen molar-refractivity contribution < 1.29 is 13.2 Å². The van der Waals surface area contributed by atoms with Crippen LogP contribution in [0.1, 0.15) is 0 Å². The number of halogens is 1. The maximum Gasteiger partial charge on any atom is 0.244 e. The molecule has 0 amide bonds. The van der Waals surface area contributed by atoms with Gasteiger partial charge in [-0.15, -0.1) is 11.8 Å². The lowest BCUT2D eigenvalue weighted by molar-refractivity contribution is 0.0730. The normalized spacial score (nSPS) is 17.1. The van der Waals surface area contributed by atoms with Gasteiger partial charge < -0.3 is 4.74 Å². The Kier molecular flexibility index (Phi) is 5.45. The van der Waals surface area contributed by atoms with E-state index in [1.165, 1.54) is 22.3 Å². The Bertz CT molecular complexity index is 569. The smallest absolute Gasteiger partial charge is 0.244 e. The number of hydrogen-bond donors (Lipinski definition) is 0. The maximum atomic E-state index is 12.4. The molecule has 110 valence electrons. The third-order valence-electron chi connectivity index (χ3n) is 2.69. The van der Waals surface area contributed by atoms with Crippen molar-refractivity contribution in [3.05, 3.63) is 29.9 Å². The van der Waals surface area contributed by atoms with Gasteiger partial charge in [-0.3, -0.25) is 0 Å². The van der Waals surface area contributed by atoms with Crippen molar-refractivity contribution in [2.75, 3.05) is 32.1 Å². The third kappa shape index (κ3) is 3.95. The largest absolute Gasteiger partial charge is 0.379 e. The quantitative estimate of drug-likeness (QED) is 0.770. The zero-order valence-electron chi connectivity index (χ0n) is 10.8. The summed E-state index contributed by atoms with van der Waals surface area (Å²) < 4.78 is 31.3. The van der Waals surface area contributed by atoms with Crippen molar-refractivity contribution in [1.82, 2.24) is 9.29 Å². The molecule has 0 N–H and O–H groups in total. The monoisotopic (exact) mass is 334 g/mol. The number of hydrogen-bond acceptors (Lipinski definition) is 5. The average molecular weight is 335 g/mol. The van der Waals surface area contributed by atoms with E-state index in [1.54, 1.807) is 12.1 Å². The standard InChI is InChI=1S/C12H15ClN2O3S2/c1-10(13)9-19-12-3-2-11(8-14-12)20(16,17)15-4-6-18-7-5-15/h2-3,8H,1,4-7,9H2. The number of rotatable bonds is 5. The van der Waals surface area contributed by atoms with Crippen LogP contribution in [0, 0.1) is 0 Å². The molecule has 0 unspecified atom stereocenters. The Morgan fingerprint density at radius 2 is 2.15 bits per heavy atom. The lowest BCUT2D eigenvalue weighted by Crippen LogP contribution is -2.40. The Morgan fingerprint density at radius 1 is 1.45 bits per heavy atom. The molecule has 2 heterocycles. The second-order valence-electron chi connectivity index (χ2n) is 4.15. The van der Waals surface area contributed by atoms with E-state index in [9.17, 15) is 8.42 Å². The molecule has 1 aliphatic heterocycles. The van der Waals surface area contributed by atoms with Crippen LogP contribution in [0.4, 0.5) is 0 Å². The van der Waals surface area contributed by atoms with E-state index in [-0.39, 0.29) is 4.90 Å². The van der Waals surface area contributed by atoms with Crippen LogP contribution in [0.15, 0.2) is 39.9 Å².